The van der Waals surface area contributed by atoms with E-state index in [9.17, 15) is 4.79 Å². The Bertz CT molecular complexity index is 889. The number of halogens is 1. The van der Waals surface area contributed by atoms with Crippen molar-refractivity contribution in [1.82, 2.24) is 19.7 Å². The molecule has 6 heteroatoms. The number of carbonyl (C=O) groups is 1. The number of likely N-dealkylation sites (tertiary alicyclic amines) is 1. The molecular formula is C18H19ClN4O. The van der Waals surface area contributed by atoms with Crippen LogP contribution in [-0.2, 0) is 7.05 Å². The van der Waals surface area contributed by atoms with Crippen LogP contribution in [-0.4, -0.2) is 38.7 Å². The zero-order chi connectivity index (χ0) is 16.7. The van der Waals surface area contributed by atoms with Crippen LogP contribution in [0.25, 0.3) is 10.9 Å². The number of amides is 1. The fraction of sp³-hybridized carbons (Fsp3) is 0.333. The molecule has 1 fully saturated rings. The molecule has 1 N–H and O–H groups in total. The molecule has 4 rings (SSSR count). The average Bonchev–Trinajstić information content (AvgIpc) is 3.19. The van der Waals surface area contributed by atoms with E-state index in [0.29, 0.717) is 16.6 Å². The molecule has 3 aromatic rings. The van der Waals surface area contributed by atoms with Gasteiger partial charge in [-0.05, 0) is 30.4 Å². The normalized spacial score (nSPS) is 16.0. The summed E-state index contributed by atoms with van der Waals surface area (Å²) in [7, 11) is 1.93. The summed E-state index contributed by atoms with van der Waals surface area (Å²) in [5.41, 5.74) is 2.65. The quantitative estimate of drug-likeness (QED) is 0.774. The van der Waals surface area contributed by atoms with E-state index >= 15 is 0 Å². The summed E-state index contributed by atoms with van der Waals surface area (Å²) in [5.74, 6) is 0.460. The summed E-state index contributed by atoms with van der Waals surface area (Å²) in [6.45, 7) is 1.48. The Hall–Kier alpha value is -2.27. The number of H-pyrrole nitrogens is 1. The number of piperidine rings is 1. The SMILES string of the molecule is Cn1cc(C2CCN(C(=O)c3[nH]c4ccccc4c3Cl)CC2)cn1. The Morgan fingerprint density at radius 1 is 1.29 bits per heavy atom. The van der Waals surface area contributed by atoms with Crippen LogP contribution in [0.2, 0.25) is 5.02 Å². The van der Waals surface area contributed by atoms with Gasteiger partial charge >= 0.3 is 0 Å². The zero-order valence-corrected chi connectivity index (χ0v) is 14.3. The van der Waals surface area contributed by atoms with Crippen molar-refractivity contribution in [2.45, 2.75) is 18.8 Å². The highest BCUT2D eigenvalue weighted by molar-refractivity contribution is 6.38. The molecule has 1 aromatic carbocycles. The second-order valence-electron chi connectivity index (χ2n) is 6.37. The number of rotatable bonds is 2. The summed E-state index contributed by atoms with van der Waals surface area (Å²) < 4.78 is 1.83. The number of aromatic amines is 1. The minimum atomic E-state index is -0.0131. The van der Waals surface area contributed by atoms with Gasteiger partial charge in [-0.1, -0.05) is 29.8 Å². The van der Waals surface area contributed by atoms with Crippen molar-refractivity contribution in [1.29, 1.82) is 0 Å². The van der Waals surface area contributed by atoms with Gasteiger partial charge in [0.2, 0.25) is 0 Å². The highest BCUT2D eigenvalue weighted by Crippen LogP contribution is 2.31. The molecular weight excluding hydrogens is 324 g/mol. The van der Waals surface area contributed by atoms with Crippen molar-refractivity contribution in [3.05, 3.63) is 52.9 Å². The van der Waals surface area contributed by atoms with Gasteiger partial charge in [0.1, 0.15) is 5.69 Å². The molecule has 1 amide bonds. The van der Waals surface area contributed by atoms with Gasteiger partial charge in [0.05, 0.1) is 11.2 Å². The highest BCUT2D eigenvalue weighted by atomic mass is 35.5. The predicted molar refractivity (Wildman–Crippen MR) is 94.4 cm³/mol. The van der Waals surface area contributed by atoms with Crippen LogP contribution in [0.1, 0.15) is 34.8 Å². The molecule has 5 nitrogen and oxygen atoms in total. The number of fused-ring (bicyclic) bond motifs is 1. The van der Waals surface area contributed by atoms with Gasteiger partial charge in [0.15, 0.2) is 0 Å². The molecule has 1 aliphatic heterocycles. The van der Waals surface area contributed by atoms with Gasteiger partial charge in [-0.15, -0.1) is 0 Å². The van der Waals surface area contributed by atoms with E-state index in [4.69, 9.17) is 11.6 Å². The lowest BCUT2D eigenvalue weighted by atomic mass is 9.91. The molecule has 2 aromatic heterocycles. The summed E-state index contributed by atoms with van der Waals surface area (Å²) >= 11 is 6.41. The third-order valence-electron chi connectivity index (χ3n) is 4.83. The van der Waals surface area contributed by atoms with Crippen LogP contribution < -0.4 is 0 Å². The van der Waals surface area contributed by atoms with E-state index in [0.717, 1.165) is 36.8 Å². The van der Waals surface area contributed by atoms with Crippen LogP contribution in [0, 0.1) is 0 Å². The second-order valence-corrected chi connectivity index (χ2v) is 6.75. The molecule has 0 radical (unpaired) electrons. The van der Waals surface area contributed by atoms with Crippen molar-refractivity contribution in [3.8, 4) is 0 Å². The first-order valence-electron chi connectivity index (χ1n) is 8.17. The third-order valence-corrected chi connectivity index (χ3v) is 5.23. The molecule has 1 saturated heterocycles. The lowest BCUT2D eigenvalue weighted by molar-refractivity contribution is 0.0708. The number of aryl methyl sites for hydroxylation is 1. The Kier molecular flexibility index (Phi) is 3.81. The monoisotopic (exact) mass is 342 g/mol. The number of hydrogen-bond acceptors (Lipinski definition) is 2. The van der Waals surface area contributed by atoms with Gasteiger partial charge in [-0.3, -0.25) is 9.48 Å². The fourth-order valence-electron chi connectivity index (χ4n) is 3.48. The first-order chi connectivity index (χ1) is 11.6. The average molecular weight is 343 g/mol. The summed E-state index contributed by atoms with van der Waals surface area (Å²) in [6.07, 6.45) is 5.90. The summed E-state index contributed by atoms with van der Waals surface area (Å²) in [4.78, 5) is 17.9. The van der Waals surface area contributed by atoms with Crippen LogP contribution in [0.15, 0.2) is 36.7 Å². The zero-order valence-electron chi connectivity index (χ0n) is 13.5. The Morgan fingerprint density at radius 3 is 2.71 bits per heavy atom. The minimum absolute atomic E-state index is 0.0131. The first kappa shape index (κ1) is 15.3. The minimum Gasteiger partial charge on any atom is -0.349 e. The number of carbonyl (C=O) groups excluding carboxylic acids is 1. The predicted octanol–water partition coefficient (Wildman–Crippen LogP) is 3.57. The van der Waals surface area contributed by atoms with Crippen LogP contribution in [0.4, 0.5) is 0 Å². The van der Waals surface area contributed by atoms with Gasteiger partial charge < -0.3 is 9.88 Å². The fourth-order valence-corrected chi connectivity index (χ4v) is 3.77. The molecule has 124 valence electrons. The largest absolute Gasteiger partial charge is 0.349 e. The van der Waals surface area contributed by atoms with Gasteiger partial charge in [0, 0.05) is 37.2 Å². The van der Waals surface area contributed by atoms with Crippen molar-refractivity contribution in [3.63, 3.8) is 0 Å². The lowest BCUT2D eigenvalue weighted by Gasteiger charge is -2.31. The number of nitrogens with zero attached hydrogens (tertiary/aromatic N) is 3. The maximum Gasteiger partial charge on any atom is 0.271 e. The Labute approximate surface area is 145 Å². The van der Waals surface area contributed by atoms with Crippen molar-refractivity contribution >= 4 is 28.4 Å². The third kappa shape index (κ3) is 2.59. The number of aromatic nitrogens is 3. The van der Waals surface area contributed by atoms with Crippen LogP contribution in [0.3, 0.4) is 0 Å². The Morgan fingerprint density at radius 2 is 2.04 bits per heavy atom. The molecule has 0 unspecified atom stereocenters. The molecule has 0 spiro atoms. The number of benzene rings is 1. The lowest BCUT2D eigenvalue weighted by Crippen LogP contribution is -2.38. The highest BCUT2D eigenvalue weighted by Gasteiger charge is 2.27. The molecule has 0 aliphatic carbocycles. The van der Waals surface area contributed by atoms with Gasteiger partial charge in [-0.2, -0.15) is 5.10 Å². The van der Waals surface area contributed by atoms with E-state index in [2.05, 4.69) is 16.3 Å². The maximum absolute atomic E-state index is 12.8. The maximum atomic E-state index is 12.8. The van der Waals surface area contributed by atoms with E-state index in [-0.39, 0.29) is 5.91 Å². The van der Waals surface area contributed by atoms with Gasteiger partial charge in [-0.25, -0.2) is 0 Å². The topological polar surface area (TPSA) is 53.9 Å². The summed E-state index contributed by atoms with van der Waals surface area (Å²) in [6, 6.07) is 7.73. The number of nitrogens with one attached hydrogen (secondary N) is 1. The van der Waals surface area contributed by atoms with E-state index in [1.165, 1.54) is 5.56 Å². The first-order valence-corrected chi connectivity index (χ1v) is 8.55. The standard InChI is InChI=1S/C18H19ClN4O/c1-22-11-13(10-20-22)12-6-8-23(9-7-12)18(24)17-16(19)14-4-2-3-5-15(14)21-17/h2-5,10-12,21H,6-9H2,1H3. The van der Waals surface area contributed by atoms with Crippen molar-refractivity contribution < 1.29 is 4.79 Å². The molecule has 24 heavy (non-hydrogen) atoms. The van der Waals surface area contributed by atoms with Crippen molar-refractivity contribution in [2.75, 3.05) is 13.1 Å². The number of para-hydroxylation sites is 1. The van der Waals surface area contributed by atoms with Crippen LogP contribution >= 0.6 is 11.6 Å². The molecule has 0 saturated carbocycles. The second kappa shape index (κ2) is 5.98. The summed E-state index contributed by atoms with van der Waals surface area (Å²) in [5, 5.41) is 5.66. The van der Waals surface area contributed by atoms with E-state index in [1.807, 2.05) is 47.1 Å². The Balaban J connectivity index is 1.50. The van der Waals surface area contributed by atoms with Crippen LogP contribution in [0.5, 0.6) is 0 Å². The van der Waals surface area contributed by atoms with Gasteiger partial charge in [0.25, 0.3) is 5.91 Å². The molecule has 1 aliphatic rings. The molecule has 3 heterocycles. The number of hydrogen-bond donors (Lipinski definition) is 1. The molecule has 0 atom stereocenters. The van der Waals surface area contributed by atoms with E-state index < -0.39 is 0 Å². The van der Waals surface area contributed by atoms with Crippen molar-refractivity contribution in [2.24, 2.45) is 7.05 Å². The van der Waals surface area contributed by atoms with E-state index in [1.54, 1.807) is 0 Å². The smallest absolute Gasteiger partial charge is 0.271 e. The molecule has 0 bridgehead atoms.